The van der Waals surface area contributed by atoms with Crippen molar-refractivity contribution in [1.29, 1.82) is 0 Å². The number of hydrogen-bond donors (Lipinski definition) is 1. The van der Waals surface area contributed by atoms with Crippen LogP contribution in [0.2, 0.25) is 0 Å². The van der Waals surface area contributed by atoms with Gasteiger partial charge in [0, 0.05) is 33.5 Å². The lowest BCUT2D eigenvalue weighted by molar-refractivity contribution is 0.102. The van der Waals surface area contributed by atoms with Gasteiger partial charge in [0.05, 0.1) is 4.90 Å². The van der Waals surface area contributed by atoms with Gasteiger partial charge >= 0.3 is 0 Å². The molecule has 0 atom stereocenters. The van der Waals surface area contributed by atoms with Crippen LogP contribution < -0.4 is 5.32 Å². The Morgan fingerprint density at radius 2 is 1.82 bits per heavy atom. The standard InChI is InChI=1S/C20H20N2O3S3/c1-12-5-7-16(28(4,24)25)10-17(12)19(23)22-18-8-6-15(9-13(18)2)27-20-21-14(3)11-26-20/h5-11H,1-4H3,(H,22,23). The molecule has 28 heavy (non-hydrogen) atoms. The molecule has 0 radical (unpaired) electrons. The Bertz CT molecular complexity index is 1150. The van der Waals surface area contributed by atoms with Crippen molar-refractivity contribution >= 4 is 44.5 Å². The van der Waals surface area contributed by atoms with E-state index in [1.54, 1.807) is 36.1 Å². The van der Waals surface area contributed by atoms with Gasteiger partial charge in [0.1, 0.15) is 0 Å². The van der Waals surface area contributed by atoms with Crippen LogP contribution in [0.25, 0.3) is 0 Å². The van der Waals surface area contributed by atoms with Gasteiger partial charge < -0.3 is 5.32 Å². The fraction of sp³-hybridized carbons (Fsp3) is 0.200. The van der Waals surface area contributed by atoms with Crippen molar-refractivity contribution in [2.45, 2.75) is 34.9 Å². The van der Waals surface area contributed by atoms with Crippen LogP contribution in [0.4, 0.5) is 5.69 Å². The van der Waals surface area contributed by atoms with Crippen LogP contribution in [-0.2, 0) is 9.84 Å². The quantitative estimate of drug-likeness (QED) is 0.622. The first-order valence-corrected chi connectivity index (χ1v) is 12.0. The highest BCUT2D eigenvalue weighted by Gasteiger charge is 2.15. The topological polar surface area (TPSA) is 76.1 Å². The highest BCUT2D eigenvalue weighted by atomic mass is 32.2. The van der Waals surface area contributed by atoms with E-state index < -0.39 is 9.84 Å². The molecule has 0 fully saturated rings. The number of nitrogens with zero attached hydrogens (tertiary/aromatic N) is 1. The Morgan fingerprint density at radius 3 is 2.43 bits per heavy atom. The number of thiazole rings is 1. The third-order valence-corrected chi connectivity index (χ3v) is 7.29. The van der Waals surface area contributed by atoms with E-state index >= 15 is 0 Å². The van der Waals surface area contributed by atoms with E-state index in [1.807, 2.05) is 37.4 Å². The third-order valence-electron chi connectivity index (χ3n) is 4.13. The number of anilines is 1. The van der Waals surface area contributed by atoms with E-state index in [1.165, 1.54) is 12.1 Å². The second-order valence-electron chi connectivity index (χ2n) is 6.54. The number of rotatable bonds is 5. The zero-order chi connectivity index (χ0) is 20.5. The highest BCUT2D eigenvalue weighted by Crippen LogP contribution is 2.32. The maximum absolute atomic E-state index is 12.7. The molecule has 0 spiro atoms. The zero-order valence-corrected chi connectivity index (χ0v) is 18.4. The minimum atomic E-state index is -3.38. The van der Waals surface area contributed by atoms with Gasteiger partial charge in [-0.05, 0) is 62.2 Å². The Hall–Kier alpha value is -2.16. The summed E-state index contributed by atoms with van der Waals surface area (Å²) in [5.74, 6) is -0.331. The van der Waals surface area contributed by atoms with Gasteiger partial charge in [-0.25, -0.2) is 13.4 Å². The Balaban J connectivity index is 1.81. The molecular formula is C20H20N2O3S3. The first-order valence-electron chi connectivity index (χ1n) is 8.46. The lowest BCUT2D eigenvalue weighted by Crippen LogP contribution is -2.15. The van der Waals surface area contributed by atoms with Crippen molar-refractivity contribution in [3.8, 4) is 0 Å². The molecule has 0 aliphatic carbocycles. The van der Waals surface area contributed by atoms with E-state index in [0.29, 0.717) is 16.8 Å². The molecule has 3 aromatic rings. The fourth-order valence-corrected chi connectivity index (χ4v) is 5.14. The van der Waals surface area contributed by atoms with Crippen molar-refractivity contribution in [3.05, 3.63) is 64.2 Å². The predicted molar refractivity (Wildman–Crippen MR) is 114 cm³/mol. The van der Waals surface area contributed by atoms with Gasteiger partial charge in [-0.1, -0.05) is 17.8 Å². The molecule has 0 saturated heterocycles. The summed E-state index contributed by atoms with van der Waals surface area (Å²) in [5.41, 5.74) is 3.67. The molecule has 0 saturated carbocycles. The molecule has 1 amide bonds. The molecule has 5 nitrogen and oxygen atoms in total. The number of carbonyl (C=O) groups is 1. The Kier molecular flexibility index (Phi) is 5.92. The van der Waals surface area contributed by atoms with Gasteiger partial charge in [-0.2, -0.15) is 0 Å². The normalized spacial score (nSPS) is 11.4. The maximum Gasteiger partial charge on any atom is 0.255 e. The molecule has 0 aliphatic rings. The lowest BCUT2D eigenvalue weighted by Gasteiger charge is -2.12. The van der Waals surface area contributed by atoms with Crippen molar-refractivity contribution in [2.24, 2.45) is 0 Å². The number of carbonyl (C=O) groups excluding carboxylic acids is 1. The van der Waals surface area contributed by atoms with Crippen molar-refractivity contribution in [1.82, 2.24) is 4.98 Å². The molecule has 0 aliphatic heterocycles. The van der Waals surface area contributed by atoms with Crippen molar-refractivity contribution in [3.63, 3.8) is 0 Å². The average Bonchev–Trinajstić information content (AvgIpc) is 3.01. The fourth-order valence-electron chi connectivity index (χ4n) is 2.59. The van der Waals surface area contributed by atoms with Crippen LogP contribution in [0.15, 0.2) is 55.9 Å². The molecule has 1 N–H and O–H groups in total. The molecule has 146 valence electrons. The summed E-state index contributed by atoms with van der Waals surface area (Å²) in [6.45, 7) is 5.67. The van der Waals surface area contributed by atoms with Crippen molar-refractivity contribution in [2.75, 3.05) is 11.6 Å². The Labute approximate surface area is 173 Å². The van der Waals surface area contributed by atoms with E-state index in [4.69, 9.17) is 0 Å². The summed E-state index contributed by atoms with van der Waals surface area (Å²) < 4.78 is 24.5. The Morgan fingerprint density at radius 1 is 1.07 bits per heavy atom. The van der Waals surface area contributed by atoms with Gasteiger partial charge in [0.15, 0.2) is 14.2 Å². The number of aryl methyl sites for hydroxylation is 3. The predicted octanol–water partition coefficient (Wildman–Crippen LogP) is 4.88. The second-order valence-corrected chi connectivity index (χ2v) is 10.7. The average molecular weight is 433 g/mol. The first kappa shape index (κ1) is 20.6. The van der Waals surface area contributed by atoms with Crippen LogP contribution in [0.3, 0.4) is 0 Å². The van der Waals surface area contributed by atoms with E-state index in [-0.39, 0.29) is 10.8 Å². The van der Waals surface area contributed by atoms with Gasteiger partial charge in [-0.15, -0.1) is 11.3 Å². The van der Waals surface area contributed by atoms with E-state index in [9.17, 15) is 13.2 Å². The SMILES string of the molecule is Cc1csc(Sc2ccc(NC(=O)c3cc(S(C)(=O)=O)ccc3C)c(C)c2)n1. The minimum Gasteiger partial charge on any atom is -0.322 e. The number of benzene rings is 2. The summed E-state index contributed by atoms with van der Waals surface area (Å²) in [5, 5.41) is 4.90. The number of amides is 1. The van der Waals surface area contributed by atoms with Gasteiger partial charge in [0.25, 0.3) is 5.91 Å². The lowest BCUT2D eigenvalue weighted by atomic mass is 10.1. The minimum absolute atomic E-state index is 0.130. The smallest absolute Gasteiger partial charge is 0.255 e. The molecule has 0 bridgehead atoms. The van der Waals surface area contributed by atoms with Gasteiger partial charge in [-0.3, -0.25) is 4.79 Å². The zero-order valence-electron chi connectivity index (χ0n) is 15.9. The van der Waals surface area contributed by atoms with Crippen LogP contribution in [-0.4, -0.2) is 25.6 Å². The third kappa shape index (κ3) is 4.81. The molecule has 3 rings (SSSR count). The number of aromatic nitrogens is 1. The molecule has 0 unspecified atom stereocenters. The number of hydrogen-bond acceptors (Lipinski definition) is 6. The number of sulfone groups is 1. The summed E-state index contributed by atoms with van der Waals surface area (Å²) in [7, 11) is -3.38. The van der Waals surface area contributed by atoms with Crippen molar-refractivity contribution < 1.29 is 13.2 Å². The highest BCUT2D eigenvalue weighted by molar-refractivity contribution is 8.01. The maximum atomic E-state index is 12.7. The second kappa shape index (κ2) is 8.06. The molecular weight excluding hydrogens is 412 g/mol. The van der Waals surface area contributed by atoms with Crippen LogP contribution in [0.5, 0.6) is 0 Å². The summed E-state index contributed by atoms with van der Waals surface area (Å²) in [6, 6.07) is 10.4. The number of nitrogens with one attached hydrogen (secondary N) is 1. The molecule has 1 aromatic heterocycles. The molecule has 1 heterocycles. The molecule has 2 aromatic carbocycles. The monoisotopic (exact) mass is 432 g/mol. The van der Waals surface area contributed by atoms with Crippen LogP contribution in [0.1, 0.15) is 27.2 Å². The largest absolute Gasteiger partial charge is 0.322 e. The molecule has 8 heteroatoms. The van der Waals surface area contributed by atoms with Gasteiger partial charge in [0.2, 0.25) is 0 Å². The summed E-state index contributed by atoms with van der Waals surface area (Å²) >= 11 is 3.18. The first-order chi connectivity index (χ1) is 13.1. The van der Waals surface area contributed by atoms with E-state index in [0.717, 1.165) is 26.7 Å². The van der Waals surface area contributed by atoms with Crippen LogP contribution in [0, 0.1) is 20.8 Å². The summed E-state index contributed by atoms with van der Waals surface area (Å²) in [4.78, 5) is 18.3. The summed E-state index contributed by atoms with van der Waals surface area (Å²) in [6.07, 6.45) is 1.13. The van der Waals surface area contributed by atoms with Crippen LogP contribution >= 0.6 is 23.1 Å². The van der Waals surface area contributed by atoms with E-state index in [2.05, 4.69) is 10.3 Å².